The van der Waals surface area contributed by atoms with E-state index in [1.165, 1.54) is 13.0 Å². The van der Waals surface area contributed by atoms with Gasteiger partial charge in [0.05, 0.1) is 12.7 Å². The molecule has 25 heteroatoms. The first-order valence-electron chi connectivity index (χ1n) is 22.4. The lowest BCUT2D eigenvalue weighted by Crippen LogP contribution is -2.61. The first-order chi connectivity index (χ1) is 32.3. The minimum absolute atomic E-state index is 0.0237. The van der Waals surface area contributed by atoms with Crippen LogP contribution in [0.4, 0.5) is 0 Å². The van der Waals surface area contributed by atoms with E-state index in [1.54, 1.807) is 51.1 Å². The number of aliphatic hydroxyl groups excluding tert-OH is 2. The van der Waals surface area contributed by atoms with E-state index in [0.717, 1.165) is 11.5 Å². The zero-order valence-corrected chi connectivity index (χ0v) is 39.5. The lowest BCUT2D eigenvalue weighted by atomic mass is 10.00. The third kappa shape index (κ3) is 17.8. The van der Waals surface area contributed by atoms with Crippen LogP contribution in [0.25, 0.3) is 0 Å². The number of nitrogens with two attached hydrogens (primary N) is 3. The van der Waals surface area contributed by atoms with Gasteiger partial charge in [0.15, 0.2) is 0 Å². The number of benzene rings is 1. The molecular formula is C43H67N13O11S. The molecule has 0 spiro atoms. The van der Waals surface area contributed by atoms with Crippen molar-refractivity contribution in [2.24, 2.45) is 23.1 Å². The van der Waals surface area contributed by atoms with Crippen molar-refractivity contribution < 1.29 is 53.4 Å². The molecule has 0 unspecified atom stereocenters. The fraction of sp³-hybridized carbons (Fsp3) is 0.581. The van der Waals surface area contributed by atoms with Gasteiger partial charge in [0.2, 0.25) is 47.3 Å². The molecule has 9 atom stereocenters. The molecule has 1 fully saturated rings. The van der Waals surface area contributed by atoms with Crippen molar-refractivity contribution in [3.63, 3.8) is 0 Å². The molecule has 2 heterocycles. The Kier molecular flexibility index (Phi) is 23.4. The molecule has 17 N–H and O–H groups in total. The molecule has 1 aliphatic rings. The Hall–Kier alpha value is -6.12. The van der Waals surface area contributed by atoms with Gasteiger partial charge in [-0.1, -0.05) is 44.2 Å². The van der Waals surface area contributed by atoms with E-state index < -0.39 is 127 Å². The van der Waals surface area contributed by atoms with Crippen LogP contribution in [0.1, 0.15) is 73.8 Å². The Bertz CT molecular complexity index is 2040. The SMILES string of the molecule is Cc1cc(C(=O)N[C@H](CO)C(=O)N[C@H]2CCNC(=O)[C@H]([C@@H](C)O)NC(=O)[C@H](CCN)NC(=O)[C@H](CCN)NC(=O)[C@H](CC(C)C)NC(=O)[C@@H](Cc3ccccc3)NC(=O)[C@H](CCN)NC2=O)ns1. The Morgan fingerprint density at radius 3 is 1.74 bits per heavy atom. The molecule has 0 saturated carbocycles. The summed E-state index contributed by atoms with van der Waals surface area (Å²) in [5, 5.41) is 43.5. The Morgan fingerprint density at radius 2 is 1.24 bits per heavy atom. The molecule has 1 saturated heterocycles. The van der Waals surface area contributed by atoms with E-state index in [2.05, 4.69) is 52.2 Å². The van der Waals surface area contributed by atoms with Gasteiger partial charge in [0, 0.05) is 17.8 Å². The van der Waals surface area contributed by atoms with Crippen LogP contribution in [-0.2, 0) is 44.8 Å². The quantitative estimate of drug-likeness (QED) is 0.0751. The highest BCUT2D eigenvalue weighted by molar-refractivity contribution is 7.05. The second kappa shape index (κ2) is 28.3. The Balaban J connectivity index is 2.10. The largest absolute Gasteiger partial charge is 0.394 e. The normalized spacial score (nSPS) is 23.9. The Morgan fingerprint density at radius 1 is 0.735 bits per heavy atom. The minimum atomic E-state index is -1.63. The first-order valence-corrected chi connectivity index (χ1v) is 23.2. The number of nitrogens with zero attached hydrogens (tertiary/aromatic N) is 1. The smallest absolute Gasteiger partial charge is 0.271 e. The number of amides is 9. The third-order valence-electron chi connectivity index (χ3n) is 10.6. The molecule has 24 nitrogen and oxygen atoms in total. The van der Waals surface area contributed by atoms with E-state index in [-0.39, 0.29) is 63.4 Å². The molecule has 0 aliphatic carbocycles. The van der Waals surface area contributed by atoms with E-state index >= 15 is 0 Å². The molecule has 0 bridgehead atoms. The number of hydrogen-bond acceptors (Lipinski definition) is 16. The maximum atomic E-state index is 14.2. The first kappa shape index (κ1) is 56.2. The maximum Gasteiger partial charge on any atom is 0.271 e. The molecule has 0 radical (unpaired) electrons. The van der Waals surface area contributed by atoms with Crippen LogP contribution in [0.15, 0.2) is 36.4 Å². The predicted octanol–water partition coefficient (Wildman–Crippen LogP) is -4.83. The van der Waals surface area contributed by atoms with Crippen LogP contribution >= 0.6 is 11.5 Å². The Labute approximate surface area is 398 Å². The molecule has 1 aromatic heterocycles. The van der Waals surface area contributed by atoms with Gasteiger partial charge in [-0.3, -0.25) is 43.2 Å². The molecule has 2 aromatic rings. The summed E-state index contributed by atoms with van der Waals surface area (Å²) in [6, 6.07) is -1.48. The summed E-state index contributed by atoms with van der Waals surface area (Å²) in [6.07, 6.45) is -2.34. The van der Waals surface area contributed by atoms with Gasteiger partial charge < -0.3 is 75.3 Å². The third-order valence-corrected chi connectivity index (χ3v) is 11.3. The molecule has 376 valence electrons. The number of aromatic nitrogens is 1. The lowest BCUT2D eigenvalue weighted by molar-refractivity contribution is -0.136. The number of carbonyl (C=O) groups excluding carboxylic acids is 9. The monoisotopic (exact) mass is 973 g/mol. The average Bonchev–Trinajstić information content (AvgIpc) is 3.74. The summed E-state index contributed by atoms with van der Waals surface area (Å²) in [6.45, 7) is 4.85. The van der Waals surface area contributed by atoms with Crippen LogP contribution in [-0.4, -0.2) is 155 Å². The predicted molar refractivity (Wildman–Crippen MR) is 249 cm³/mol. The number of rotatable bonds is 16. The maximum absolute atomic E-state index is 14.2. The number of hydrogen-bond donors (Lipinski definition) is 14. The second-order valence-corrected chi connectivity index (χ2v) is 17.8. The zero-order chi connectivity index (χ0) is 50.5. The number of carbonyl (C=O) groups is 9. The fourth-order valence-corrected chi connectivity index (χ4v) is 7.52. The van der Waals surface area contributed by atoms with E-state index in [9.17, 15) is 53.4 Å². The topological polar surface area (TPSA) is 393 Å². The van der Waals surface area contributed by atoms with Gasteiger partial charge in [-0.15, -0.1) is 0 Å². The van der Waals surface area contributed by atoms with Gasteiger partial charge in [-0.2, -0.15) is 4.37 Å². The summed E-state index contributed by atoms with van der Waals surface area (Å²) >= 11 is 1.04. The molecule has 68 heavy (non-hydrogen) atoms. The summed E-state index contributed by atoms with van der Waals surface area (Å²) in [5.41, 5.74) is 18.1. The average molecular weight is 974 g/mol. The van der Waals surface area contributed by atoms with Gasteiger partial charge >= 0.3 is 0 Å². The summed E-state index contributed by atoms with van der Waals surface area (Å²) in [7, 11) is 0. The fourth-order valence-electron chi connectivity index (χ4n) is 6.98. The highest BCUT2D eigenvalue weighted by Gasteiger charge is 2.36. The lowest BCUT2D eigenvalue weighted by Gasteiger charge is -2.28. The zero-order valence-electron chi connectivity index (χ0n) is 38.7. The molecule has 1 aromatic carbocycles. The van der Waals surface area contributed by atoms with Crippen LogP contribution in [0.3, 0.4) is 0 Å². The van der Waals surface area contributed by atoms with E-state index in [4.69, 9.17) is 17.2 Å². The summed E-state index contributed by atoms with van der Waals surface area (Å²) in [5.74, 6) is -8.15. The van der Waals surface area contributed by atoms with Crippen LogP contribution in [0.5, 0.6) is 0 Å². The number of nitrogens with one attached hydrogen (secondary N) is 9. The van der Waals surface area contributed by atoms with Crippen molar-refractivity contribution >= 4 is 64.7 Å². The summed E-state index contributed by atoms with van der Waals surface area (Å²) in [4.78, 5) is 125. The van der Waals surface area contributed by atoms with Gasteiger partial charge in [-0.25, -0.2) is 0 Å². The van der Waals surface area contributed by atoms with Crippen LogP contribution in [0.2, 0.25) is 0 Å². The highest BCUT2D eigenvalue weighted by Crippen LogP contribution is 2.12. The van der Waals surface area contributed by atoms with Gasteiger partial charge in [0.25, 0.3) is 5.91 Å². The van der Waals surface area contributed by atoms with Crippen molar-refractivity contribution in [3.05, 3.63) is 52.5 Å². The van der Waals surface area contributed by atoms with Gasteiger partial charge in [0.1, 0.15) is 54.0 Å². The van der Waals surface area contributed by atoms with E-state index in [0.29, 0.717) is 10.4 Å². The molecule has 3 rings (SSSR count). The minimum Gasteiger partial charge on any atom is -0.394 e. The van der Waals surface area contributed by atoms with Crippen molar-refractivity contribution in [1.29, 1.82) is 0 Å². The number of aryl methyl sites for hydroxylation is 1. The van der Waals surface area contributed by atoms with Crippen molar-refractivity contribution in [2.75, 3.05) is 32.8 Å². The van der Waals surface area contributed by atoms with Crippen molar-refractivity contribution in [3.8, 4) is 0 Å². The summed E-state index contributed by atoms with van der Waals surface area (Å²) < 4.78 is 4.00. The second-order valence-electron chi connectivity index (χ2n) is 16.8. The van der Waals surface area contributed by atoms with Crippen molar-refractivity contribution in [2.45, 2.75) is 121 Å². The van der Waals surface area contributed by atoms with Crippen LogP contribution < -0.4 is 65.1 Å². The molecular weight excluding hydrogens is 907 g/mol. The molecule has 1 aliphatic heterocycles. The highest BCUT2D eigenvalue weighted by atomic mass is 32.1. The molecule has 9 amide bonds. The number of aliphatic hydroxyl groups is 2. The van der Waals surface area contributed by atoms with Crippen molar-refractivity contribution in [1.82, 2.24) is 52.2 Å². The van der Waals surface area contributed by atoms with Crippen LogP contribution in [0, 0.1) is 12.8 Å². The van der Waals surface area contributed by atoms with Gasteiger partial charge in [-0.05, 0) is 94.7 Å². The standard InChI is InChI=1S/C43H67N13O11S/c1-22(2)18-30-39(63)50-26(10-14-44)35(59)49-28(12-16-46)38(62)55-34(24(4)58)43(67)47-17-13-29(51-42(66)33(21-57)54-41(65)32-19-23(3)68-56-32)37(61)48-27(11-15-45)36(60)53-31(40(64)52-30)20-25-8-6-5-7-9-25/h5-9,19,22,24,26-31,33-34,57-58H,10-18,20-21,44-46H2,1-4H3,(H,47,67)(H,48,61)(H,49,59)(H,50,63)(H,51,66)(H,52,64)(H,53,60)(H,54,65)(H,55,62)/t24-,26+,27+,28+,29+,30+,31-,33-,34+/m1/s1. The van der Waals surface area contributed by atoms with E-state index in [1.807, 2.05) is 0 Å².